The molecule has 1 heterocycles. The summed E-state index contributed by atoms with van der Waals surface area (Å²) in [5.74, 6) is -0.379. The van der Waals surface area contributed by atoms with Gasteiger partial charge in [0, 0.05) is 23.6 Å². The maximum Gasteiger partial charge on any atom is 0.341 e. The molecule has 0 atom stereocenters. The number of ether oxygens (including phenoxy) is 1. The van der Waals surface area contributed by atoms with Crippen LogP contribution < -0.4 is 0 Å². The molecule has 1 aromatic heterocycles. The second-order valence-corrected chi connectivity index (χ2v) is 4.46. The van der Waals surface area contributed by atoms with Gasteiger partial charge in [-0.15, -0.1) is 6.58 Å². The van der Waals surface area contributed by atoms with E-state index >= 15 is 0 Å². The Morgan fingerprint density at radius 2 is 2.21 bits per heavy atom. The lowest BCUT2D eigenvalue weighted by atomic mass is 10.1. The first-order valence-corrected chi connectivity index (χ1v) is 6.50. The summed E-state index contributed by atoms with van der Waals surface area (Å²) >= 11 is 5.39. The Balaban J connectivity index is 2.72. The van der Waals surface area contributed by atoms with Crippen LogP contribution in [-0.2, 0) is 11.3 Å². The predicted octanol–water partition coefficient (Wildman–Crippen LogP) is 3.73. The Labute approximate surface area is 117 Å². The van der Waals surface area contributed by atoms with E-state index in [1.165, 1.54) is 0 Å². The number of fused-ring (bicyclic) bond motifs is 1. The number of nitrogens with zero attached hydrogens (tertiary/aromatic N) is 1. The van der Waals surface area contributed by atoms with Crippen LogP contribution in [0.4, 0.5) is 0 Å². The van der Waals surface area contributed by atoms with Crippen LogP contribution in [-0.4, -0.2) is 17.1 Å². The van der Waals surface area contributed by atoms with E-state index < -0.39 is 0 Å². The number of allylic oxidation sites excluding steroid dienone is 1. The Morgan fingerprint density at radius 3 is 2.89 bits per heavy atom. The van der Waals surface area contributed by atoms with Crippen molar-refractivity contribution in [1.82, 2.24) is 4.57 Å². The minimum absolute atomic E-state index is 0.335. The van der Waals surface area contributed by atoms with Crippen LogP contribution in [0.1, 0.15) is 17.3 Å². The Hall–Kier alpha value is -1.94. The molecule has 0 N–H and O–H groups in total. The van der Waals surface area contributed by atoms with E-state index in [1.54, 1.807) is 19.2 Å². The molecule has 2 rings (SSSR count). The first-order valence-electron chi connectivity index (χ1n) is 6.09. The molecule has 0 unspecified atom stereocenters. The molecule has 0 amide bonds. The smallest absolute Gasteiger partial charge is 0.341 e. The summed E-state index contributed by atoms with van der Waals surface area (Å²) in [5.41, 5.74) is 1.41. The van der Waals surface area contributed by atoms with Crippen LogP contribution in [0.2, 0.25) is 0 Å². The Kier molecular flexibility index (Phi) is 4.12. The van der Waals surface area contributed by atoms with Gasteiger partial charge in [0.1, 0.15) is 0 Å². The van der Waals surface area contributed by atoms with Crippen molar-refractivity contribution in [2.24, 2.45) is 0 Å². The van der Waals surface area contributed by atoms with Gasteiger partial charge in [0.15, 0.2) is 0 Å². The molecule has 0 aliphatic heterocycles. The molecule has 0 aliphatic carbocycles. The molecule has 1 aromatic carbocycles. The number of pyridine rings is 1. The molecule has 4 heteroatoms. The highest BCUT2D eigenvalue weighted by molar-refractivity contribution is 7.71. The normalized spacial score (nSPS) is 10.4. The fraction of sp³-hybridized carbons (Fsp3) is 0.200. The van der Waals surface area contributed by atoms with Gasteiger partial charge < -0.3 is 9.30 Å². The minimum Gasteiger partial charge on any atom is -0.462 e. The van der Waals surface area contributed by atoms with Gasteiger partial charge >= 0.3 is 5.97 Å². The minimum atomic E-state index is -0.379. The van der Waals surface area contributed by atoms with Gasteiger partial charge in [-0.05, 0) is 13.0 Å². The van der Waals surface area contributed by atoms with Crippen LogP contribution in [0.25, 0.3) is 10.9 Å². The summed E-state index contributed by atoms with van der Waals surface area (Å²) < 4.78 is 7.53. The van der Waals surface area contributed by atoms with Crippen molar-refractivity contribution in [2.75, 3.05) is 6.61 Å². The highest BCUT2D eigenvalue weighted by atomic mass is 32.1. The molecule has 0 aliphatic rings. The molecule has 19 heavy (non-hydrogen) atoms. The number of hydrogen-bond acceptors (Lipinski definition) is 3. The SMILES string of the molecule is C=CCn1cc(C(=O)OCC)c(=S)c2ccccc21. The van der Waals surface area contributed by atoms with Crippen LogP contribution >= 0.6 is 12.2 Å². The quantitative estimate of drug-likeness (QED) is 0.483. The molecule has 0 fully saturated rings. The fourth-order valence-corrected chi connectivity index (χ4v) is 2.30. The van der Waals surface area contributed by atoms with Gasteiger partial charge in [-0.2, -0.15) is 0 Å². The second-order valence-electron chi connectivity index (χ2n) is 4.05. The number of aromatic nitrogens is 1. The zero-order valence-electron chi connectivity index (χ0n) is 10.8. The molecular formula is C15H15NO2S. The lowest BCUT2D eigenvalue weighted by Gasteiger charge is -2.12. The topological polar surface area (TPSA) is 31.2 Å². The van der Waals surface area contributed by atoms with Gasteiger partial charge in [-0.25, -0.2) is 4.79 Å². The molecule has 3 nitrogen and oxygen atoms in total. The number of hydrogen-bond donors (Lipinski definition) is 0. The highest BCUT2D eigenvalue weighted by Crippen LogP contribution is 2.20. The van der Waals surface area contributed by atoms with Crippen LogP contribution in [0.3, 0.4) is 0 Å². The third-order valence-electron chi connectivity index (χ3n) is 2.81. The van der Waals surface area contributed by atoms with Crippen LogP contribution in [0, 0.1) is 4.51 Å². The average Bonchev–Trinajstić information content (AvgIpc) is 2.42. The molecule has 0 spiro atoms. The monoisotopic (exact) mass is 273 g/mol. The average molecular weight is 273 g/mol. The third-order valence-corrected chi connectivity index (χ3v) is 3.25. The summed E-state index contributed by atoms with van der Waals surface area (Å²) in [4.78, 5) is 11.9. The van der Waals surface area contributed by atoms with E-state index in [0.29, 0.717) is 23.2 Å². The van der Waals surface area contributed by atoms with E-state index in [1.807, 2.05) is 28.8 Å². The zero-order valence-corrected chi connectivity index (χ0v) is 11.6. The fourth-order valence-electron chi connectivity index (χ4n) is 1.99. The van der Waals surface area contributed by atoms with Crippen molar-refractivity contribution >= 4 is 29.1 Å². The molecule has 0 saturated carbocycles. The van der Waals surface area contributed by atoms with Crippen molar-refractivity contribution in [3.63, 3.8) is 0 Å². The highest BCUT2D eigenvalue weighted by Gasteiger charge is 2.13. The van der Waals surface area contributed by atoms with Crippen molar-refractivity contribution in [2.45, 2.75) is 13.5 Å². The number of carbonyl (C=O) groups is 1. The van der Waals surface area contributed by atoms with Gasteiger partial charge in [0.2, 0.25) is 0 Å². The van der Waals surface area contributed by atoms with Crippen molar-refractivity contribution < 1.29 is 9.53 Å². The van der Waals surface area contributed by atoms with Crippen LogP contribution in [0.5, 0.6) is 0 Å². The van der Waals surface area contributed by atoms with Crippen LogP contribution in [0.15, 0.2) is 43.1 Å². The lowest BCUT2D eigenvalue weighted by Crippen LogP contribution is -2.10. The van der Waals surface area contributed by atoms with E-state index in [9.17, 15) is 4.79 Å². The number of carbonyl (C=O) groups excluding carboxylic acids is 1. The van der Waals surface area contributed by atoms with Gasteiger partial charge in [-0.1, -0.05) is 36.5 Å². The summed E-state index contributed by atoms with van der Waals surface area (Å²) in [6.07, 6.45) is 3.52. The largest absolute Gasteiger partial charge is 0.462 e. The summed E-state index contributed by atoms with van der Waals surface area (Å²) in [5, 5.41) is 0.880. The molecular weight excluding hydrogens is 258 g/mol. The van der Waals surface area contributed by atoms with Crippen molar-refractivity contribution in [1.29, 1.82) is 0 Å². The van der Waals surface area contributed by atoms with Crippen molar-refractivity contribution in [3.8, 4) is 0 Å². The van der Waals surface area contributed by atoms with Gasteiger partial charge in [-0.3, -0.25) is 0 Å². The third kappa shape index (κ3) is 2.58. The standard InChI is InChI=1S/C15H15NO2S/c1-3-9-16-10-12(15(17)18-4-2)14(19)11-7-5-6-8-13(11)16/h3,5-8,10H,1,4,9H2,2H3. The first kappa shape index (κ1) is 13.5. The van der Waals surface area contributed by atoms with Crippen molar-refractivity contribution in [3.05, 3.63) is 53.2 Å². The van der Waals surface area contributed by atoms with Gasteiger partial charge in [0.25, 0.3) is 0 Å². The van der Waals surface area contributed by atoms with E-state index in [4.69, 9.17) is 17.0 Å². The van der Waals surface area contributed by atoms with Gasteiger partial charge in [0.05, 0.1) is 16.7 Å². The number of esters is 1. The lowest BCUT2D eigenvalue weighted by molar-refractivity contribution is 0.0525. The molecule has 2 aromatic rings. The molecule has 0 bridgehead atoms. The second kappa shape index (κ2) is 5.80. The first-order chi connectivity index (χ1) is 9.19. The predicted molar refractivity (Wildman–Crippen MR) is 78.9 cm³/mol. The summed E-state index contributed by atoms with van der Waals surface area (Å²) in [6, 6.07) is 7.75. The Morgan fingerprint density at radius 1 is 1.47 bits per heavy atom. The number of benzene rings is 1. The Bertz CT molecular complexity index is 688. The number of para-hydroxylation sites is 1. The summed E-state index contributed by atoms with van der Waals surface area (Å²) in [7, 11) is 0. The maximum atomic E-state index is 11.9. The zero-order chi connectivity index (χ0) is 13.8. The van der Waals surface area contributed by atoms with E-state index in [0.717, 1.165) is 10.9 Å². The van der Waals surface area contributed by atoms with E-state index in [2.05, 4.69) is 6.58 Å². The van der Waals surface area contributed by atoms with E-state index in [-0.39, 0.29) is 5.97 Å². The summed E-state index contributed by atoms with van der Waals surface area (Å²) in [6.45, 7) is 6.46. The number of rotatable bonds is 4. The maximum absolute atomic E-state index is 11.9. The molecule has 98 valence electrons. The molecule has 0 radical (unpaired) electrons. The molecule has 0 saturated heterocycles.